The summed E-state index contributed by atoms with van der Waals surface area (Å²) in [7, 11) is 0. The molecule has 5 nitrogen and oxygen atoms in total. The van der Waals surface area contributed by atoms with Crippen LogP contribution >= 0.6 is 0 Å². The molecule has 1 aromatic heterocycles. The topological polar surface area (TPSA) is 83.8 Å². The number of nitrogens with one attached hydrogen (secondary N) is 2. The van der Waals surface area contributed by atoms with Crippen molar-refractivity contribution in [3.05, 3.63) is 41.5 Å². The van der Waals surface area contributed by atoms with E-state index in [1.165, 1.54) is 24.3 Å². The number of rotatable bonds is 3. The lowest BCUT2D eigenvalue weighted by atomic mass is 10.2. The molecular formula is C12H13FN4O. The van der Waals surface area contributed by atoms with Gasteiger partial charge in [-0.05, 0) is 30.7 Å². The number of aryl methyl sites for hydroxylation is 1. The Balaban J connectivity index is 2.16. The van der Waals surface area contributed by atoms with E-state index >= 15 is 0 Å². The van der Waals surface area contributed by atoms with Crippen LogP contribution in [0.15, 0.2) is 24.3 Å². The van der Waals surface area contributed by atoms with Gasteiger partial charge >= 0.3 is 0 Å². The minimum Gasteiger partial charge on any atom is -0.395 e. The summed E-state index contributed by atoms with van der Waals surface area (Å²) >= 11 is 0. The zero-order chi connectivity index (χ0) is 13.1. The van der Waals surface area contributed by atoms with Crippen LogP contribution in [0.4, 0.5) is 15.8 Å². The standard InChI is InChI=1S/C12H13FN4O/c1-2-9-10(14)11(17-16-9)12(18)15-8-5-3-7(13)4-6-8/h3-6H,2,14H2,1H3,(H,15,18)(H,16,17). The fourth-order valence-electron chi connectivity index (χ4n) is 1.55. The molecule has 94 valence electrons. The molecule has 2 rings (SSSR count). The van der Waals surface area contributed by atoms with Crippen molar-refractivity contribution in [2.75, 3.05) is 11.1 Å². The highest BCUT2D eigenvalue weighted by Gasteiger charge is 2.16. The van der Waals surface area contributed by atoms with Crippen molar-refractivity contribution in [3.63, 3.8) is 0 Å². The van der Waals surface area contributed by atoms with Crippen molar-refractivity contribution >= 4 is 17.3 Å². The second-order valence-electron chi connectivity index (χ2n) is 3.78. The maximum absolute atomic E-state index is 12.7. The van der Waals surface area contributed by atoms with E-state index in [0.29, 0.717) is 17.8 Å². The fraction of sp³-hybridized carbons (Fsp3) is 0.167. The van der Waals surface area contributed by atoms with Crippen molar-refractivity contribution in [1.82, 2.24) is 10.2 Å². The molecule has 0 aliphatic heterocycles. The number of benzene rings is 1. The van der Waals surface area contributed by atoms with Crippen LogP contribution < -0.4 is 11.1 Å². The number of amides is 1. The zero-order valence-electron chi connectivity index (χ0n) is 9.83. The van der Waals surface area contributed by atoms with Crippen LogP contribution in [0, 0.1) is 5.82 Å². The van der Waals surface area contributed by atoms with Gasteiger partial charge in [0.05, 0.1) is 11.4 Å². The van der Waals surface area contributed by atoms with Gasteiger partial charge in [0.1, 0.15) is 5.82 Å². The third-order valence-corrected chi connectivity index (χ3v) is 2.55. The quantitative estimate of drug-likeness (QED) is 0.776. The number of H-pyrrole nitrogens is 1. The summed E-state index contributed by atoms with van der Waals surface area (Å²) in [5, 5.41) is 9.16. The number of hydrogen-bond donors (Lipinski definition) is 3. The summed E-state index contributed by atoms with van der Waals surface area (Å²) in [4.78, 5) is 11.9. The first-order chi connectivity index (χ1) is 8.61. The Bertz CT molecular complexity index is 562. The molecular weight excluding hydrogens is 235 g/mol. The van der Waals surface area contributed by atoms with Gasteiger partial charge in [-0.1, -0.05) is 6.92 Å². The van der Waals surface area contributed by atoms with Gasteiger partial charge in [-0.15, -0.1) is 0 Å². The Labute approximate surface area is 103 Å². The van der Waals surface area contributed by atoms with Crippen molar-refractivity contribution in [3.8, 4) is 0 Å². The Kier molecular flexibility index (Phi) is 3.27. The summed E-state index contributed by atoms with van der Waals surface area (Å²) < 4.78 is 12.7. The Morgan fingerprint density at radius 1 is 1.44 bits per heavy atom. The highest BCUT2D eigenvalue weighted by atomic mass is 19.1. The summed E-state index contributed by atoms with van der Waals surface area (Å²) in [5.41, 5.74) is 7.48. The van der Waals surface area contributed by atoms with Crippen LogP contribution in [0.5, 0.6) is 0 Å². The molecule has 0 spiro atoms. The molecule has 0 saturated carbocycles. The Hall–Kier alpha value is -2.37. The summed E-state index contributed by atoms with van der Waals surface area (Å²) in [6, 6.07) is 5.47. The molecule has 0 atom stereocenters. The number of hydrogen-bond acceptors (Lipinski definition) is 3. The van der Waals surface area contributed by atoms with Crippen LogP contribution in [0.3, 0.4) is 0 Å². The maximum atomic E-state index is 12.7. The second-order valence-corrected chi connectivity index (χ2v) is 3.78. The van der Waals surface area contributed by atoms with Crippen molar-refractivity contribution in [2.24, 2.45) is 0 Å². The number of aromatic amines is 1. The third-order valence-electron chi connectivity index (χ3n) is 2.55. The van der Waals surface area contributed by atoms with Gasteiger partial charge < -0.3 is 11.1 Å². The van der Waals surface area contributed by atoms with Crippen molar-refractivity contribution in [1.29, 1.82) is 0 Å². The van der Waals surface area contributed by atoms with E-state index < -0.39 is 5.91 Å². The van der Waals surface area contributed by atoms with E-state index in [1.54, 1.807) is 0 Å². The number of anilines is 2. The molecule has 4 N–H and O–H groups in total. The van der Waals surface area contributed by atoms with Crippen LogP contribution in [-0.4, -0.2) is 16.1 Å². The number of carbonyl (C=O) groups excluding carboxylic acids is 1. The lowest BCUT2D eigenvalue weighted by Gasteiger charge is -2.03. The monoisotopic (exact) mass is 248 g/mol. The molecule has 2 aromatic rings. The third kappa shape index (κ3) is 2.32. The predicted molar refractivity (Wildman–Crippen MR) is 66.7 cm³/mol. The number of nitrogens with zero attached hydrogens (tertiary/aromatic N) is 1. The molecule has 0 fully saturated rings. The van der Waals surface area contributed by atoms with Crippen LogP contribution in [-0.2, 0) is 6.42 Å². The molecule has 6 heteroatoms. The number of aromatic nitrogens is 2. The van der Waals surface area contributed by atoms with E-state index in [9.17, 15) is 9.18 Å². The molecule has 0 aliphatic rings. The van der Waals surface area contributed by atoms with Gasteiger partial charge in [-0.3, -0.25) is 9.89 Å². The first kappa shape index (κ1) is 12.1. The van der Waals surface area contributed by atoms with Crippen LogP contribution in [0.2, 0.25) is 0 Å². The molecule has 0 radical (unpaired) electrons. The van der Waals surface area contributed by atoms with Crippen LogP contribution in [0.25, 0.3) is 0 Å². The molecule has 1 heterocycles. The summed E-state index contributed by atoms with van der Waals surface area (Å²) in [6.07, 6.45) is 0.669. The highest BCUT2D eigenvalue weighted by Crippen LogP contribution is 2.16. The van der Waals surface area contributed by atoms with E-state index in [-0.39, 0.29) is 11.5 Å². The highest BCUT2D eigenvalue weighted by molar-refractivity contribution is 6.06. The maximum Gasteiger partial charge on any atom is 0.278 e. The van der Waals surface area contributed by atoms with Gasteiger partial charge in [0, 0.05) is 5.69 Å². The average molecular weight is 248 g/mol. The molecule has 0 aliphatic carbocycles. The summed E-state index contributed by atoms with van der Waals surface area (Å²) in [5.74, 6) is -0.782. The van der Waals surface area contributed by atoms with Crippen molar-refractivity contribution < 1.29 is 9.18 Å². The average Bonchev–Trinajstić information content (AvgIpc) is 2.73. The molecule has 1 amide bonds. The fourth-order valence-corrected chi connectivity index (χ4v) is 1.55. The lowest BCUT2D eigenvalue weighted by molar-refractivity contribution is 0.102. The number of nitrogens with two attached hydrogens (primary N) is 1. The molecule has 0 bridgehead atoms. The normalized spacial score (nSPS) is 10.3. The van der Waals surface area contributed by atoms with Gasteiger partial charge in [0.25, 0.3) is 5.91 Å². The first-order valence-corrected chi connectivity index (χ1v) is 5.51. The SMILES string of the molecule is CCc1[nH]nc(C(=O)Nc2ccc(F)cc2)c1N. The summed E-state index contributed by atoms with van der Waals surface area (Å²) in [6.45, 7) is 1.91. The number of halogens is 1. The van der Waals surface area contributed by atoms with E-state index in [0.717, 1.165) is 5.69 Å². The Morgan fingerprint density at radius 3 is 2.67 bits per heavy atom. The first-order valence-electron chi connectivity index (χ1n) is 5.51. The van der Waals surface area contributed by atoms with Gasteiger partial charge in [0.2, 0.25) is 0 Å². The van der Waals surface area contributed by atoms with Gasteiger partial charge in [-0.2, -0.15) is 5.10 Å². The Morgan fingerprint density at radius 2 is 2.11 bits per heavy atom. The minimum atomic E-state index is -0.421. The van der Waals surface area contributed by atoms with Gasteiger partial charge in [-0.25, -0.2) is 4.39 Å². The smallest absolute Gasteiger partial charge is 0.278 e. The predicted octanol–water partition coefficient (Wildman–Crippen LogP) is 1.95. The van der Waals surface area contributed by atoms with Gasteiger partial charge in [0.15, 0.2) is 5.69 Å². The van der Waals surface area contributed by atoms with Crippen molar-refractivity contribution in [2.45, 2.75) is 13.3 Å². The molecule has 0 saturated heterocycles. The minimum absolute atomic E-state index is 0.149. The molecule has 18 heavy (non-hydrogen) atoms. The van der Waals surface area contributed by atoms with E-state index in [1.807, 2.05) is 6.92 Å². The second kappa shape index (κ2) is 4.87. The molecule has 0 unspecified atom stereocenters. The van der Waals surface area contributed by atoms with E-state index in [2.05, 4.69) is 15.5 Å². The number of carbonyl (C=O) groups is 1. The lowest BCUT2D eigenvalue weighted by Crippen LogP contribution is -2.14. The zero-order valence-corrected chi connectivity index (χ0v) is 9.83. The molecule has 1 aromatic carbocycles. The largest absolute Gasteiger partial charge is 0.395 e. The van der Waals surface area contributed by atoms with E-state index in [4.69, 9.17) is 5.73 Å². The number of nitrogen functional groups attached to an aromatic ring is 1. The van der Waals surface area contributed by atoms with Crippen LogP contribution in [0.1, 0.15) is 23.1 Å².